The van der Waals surface area contributed by atoms with Crippen LogP contribution in [-0.4, -0.2) is 18.0 Å². The topological polar surface area (TPSA) is 41.1 Å². The van der Waals surface area contributed by atoms with Crippen LogP contribution in [0.5, 0.6) is 0 Å². The molecule has 0 spiro atoms. The first-order valence-electron chi connectivity index (χ1n) is 11.9. The monoisotopic (exact) mass is 530 g/mol. The molecule has 7 heteroatoms. The molecular formula is C28H26Cl3FN2O. The molecule has 1 amide bonds. The van der Waals surface area contributed by atoms with Crippen LogP contribution in [0.25, 0.3) is 0 Å². The fraction of sp³-hybridized carbons (Fsp3) is 0.321. The second-order valence-corrected chi connectivity index (χ2v) is 10.9. The Labute approximate surface area is 220 Å². The third-order valence-electron chi connectivity index (χ3n) is 7.41. The third kappa shape index (κ3) is 5.45. The van der Waals surface area contributed by atoms with E-state index >= 15 is 0 Å². The molecule has 1 aliphatic carbocycles. The predicted octanol–water partition coefficient (Wildman–Crippen LogP) is 7.70. The standard InChI is InChI=1S/C28H26Cl3FN2O/c29-19-6-1-16(2-7-19)28(17-3-8-20(30)9-4-17)18-5-12-25-22(13-18)26(15-27(35)34-25)33-21-10-11-24(32)23(31)14-21/h1-4,6-11,14,18,22,25-26,28,33H,5,12-13,15H2,(H,34,35). The zero-order chi connectivity index (χ0) is 24.5. The lowest BCUT2D eigenvalue weighted by atomic mass is 9.65. The summed E-state index contributed by atoms with van der Waals surface area (Å²) in [4.78, 5) is 12.5. The maximum absolute atomic E-state index is 13.7. The van der Waals surface area contributed by atoms with Crippen LogP contribution in [-0.2, 0) is 4.79 Å². The van der Waals surface area contributed by atoms with Crippen molar-refractivity contribution in [2.24, 2.45) is 11.8 Å². The van der Waals surface area contributed by atoms with E-state index in [2.05, 4.69) is 34.9 Å². The minimum absolute atomic E-state index is 0.0439. The summed E-state index contributed by atoms with van der Waals surface area (Å²) < 4.78 is 13.7. The quantitative estimate of drug-likeness (QED) is 0.354. The van der Waals surface area contributed by atoms with Gasteiger partial charge in [0.15, 0.2) is 0 Å². The molecule has 2 aliphatic rings. The van der Waals surface area contributed by atoms with Crippen molar-refractivity contribution in [2.75, 3.05) is 5.32 Å². The number of amides is 1. The Hall–Kier alpha value is -2.27. The predicted molar refractivity (Wildman–Crippen MR) is 141 cm³/mol. The van der Waals surface area contributed by atoms with Crippen molar-refractivity contribution in [1.82, 2.24) is 5.32 Å². The van der Waals surface area contributed by atoms with Gasteiger partial charge in [-0.1, -0.05) is 59.1 Å². The molecule has 3 aromatic rings. The Morgan fingerprint density at radius 3 is 2.11 bits per heavy atom. The molecule has 1 heterocycles. The first kappa shape index (κ1) is 24.4. The average Bonchev–Trinajstić information content (AvgIpc) is 2.84. The number of halogens is 4. The van der Waals surface area contributed by atoms with Crippen LogP contribution in [0.3, 0.4) is 0 Å². The number of hydrogen-bond acceptors (Lipinski definition) is 2. The average molecular weight is 532 g/mol. The fourth-order valence-electron chi connectivity index (χ4n) is 5.82. The SMILES string of the molecule is O=C1CC(Nc2ccc(F)c(Cl)c2)C2CC(C(c3ccc(Cl)cc3)c3ccc(Cl)cc3)CCC2N1. The summed E-state index contributed by atoms with van der Waals surface area (Å²) in [7, 11) is 0. The number of fused-ring (bicyclic) bond motifs is 1. The lowest BCUT2D eigenvalue weighted by Crippen LogP contribution is -2.56. The number of carbonyl (C=O) groups is 1. The number of anilines is 1. The van der Waals surface area contributed by atoms with E-state index in [-0.39, 0.29) is 34.8 Å². The summed E-state index contributed by atoms with van der Waals surface area (Å²) in [5, 5.41) is 8.19. The molecule has 4 atom stereocenters. The van der Waals surface area contributed by atoms with Crippen molar-refractivity contribution >= 4 is 46.4 Å². The van der Waals surface area contributed by atoms with Crippen LogP contribution in [0.4, 0.5) is 10.1 Å². The van der Waals surface area contributed by atoms with Crippen molar-refractivity contribution in [1.29, 1.82) is 0 Å². The molecule has 5 rings (SSSR count). The van der Waals surface area contributed by atoms with Gasteiger partial charge in [-0.25, -0.2) is 4.39 Å². The molecule has 3 nitrogen and oxygen atoms in total. The highest BCUT2D eigenvalue weighted by molar-refractivity contribution is 6.31. The Morgan fingerprint density at radius 2 is 1.51 bits per heavy atom. The van der Waals surface area contributed by atoms with Gasteiger partial charge in [-0.05, 0) is 78.8 Å². The van der Waals surface area contributed by atoms with E-state index < -0.39 is 5.82 Å². The van der Waals surface area contributed by atoms with Gasteiger partial charge in [-0.2, -0.15) is 0 Å². The van der Waals surface area contributed by atoms with Gasteiger partial charge in [-0.3, -0.25) is 4.79 Å². The van der Waals surface area contributed by atoms with Crippen LogP contribution >= 0.6 is 34.8 Å². The van der Waals surface area contributed by atoms with Gasteiger partial charge in [-0.15, -0.1) is 0 Å². The second-order valence-electron chi connectivity index (χ2n) is 9.58. The summed E-state index contributed by atoms with van der Waals surface area (Å²) in [5.41, 5.74) is 3.16. The number of rotatable bonds is 5. The normalized spacial score (nSPS) is 24.1. The van der Waals surface area contributed by atoms with E-state index in [1.165, 1.54) is 17.2 Å². The molecular weight excluding hydrogens is 506 g/mol. The highest BCUT2D eigenvalue weighted by Crippen LogP contribution is 2.45. The highest BCUT2D eigenvalue weighted by Gasteiger charge is 2.43. The van der Waals surface area contributed by atoms with Gasteiger partial charge in [0.05, 0.1) is 5.02 Å². The maximum atomic E-state index is 13.7. The van der Waals surface area contributed by atoms with Crippen LogP contribution < -0.4 is 10.6 Å². The summed E-state index contributed by atoms with van der Waals surface area (Å²) in [6.07, 6.45) is 3.20. The van der Waals surface area contributed by atoms with Crippen molar-refractivity contribution in [3.05, 3.63) is 98.7 Å². The second kappa shape index (κ2) is 10.4. The largest absolute Gasteiger partial charge is 0.381 e. The molecule has 1 saturated heterocycles. The van der Waals surface area contributed by atoms with E-state index in [0.717, 1.165) is 24.9 Å². The molecule has 1 saturated carbocycles. The Morgan fingerprint density at radius 1 is 0.886 bits per heavy atom. The number of carbonyl (C=O) groups excluding carboxylic acids is 1. The van der Waals surface area contributed by atoms with Crippen molar-refractivity contribution in [2.45, 2.75) is 43.7 Å². The van der Waals surface area contributed by atoms with Gasteiger partial charge < -0.3 is 10.6 Å². The number of piperidine rings is 1. The molecule has 35 heavy (non-hydrogen) atoms. The number of nitrogens with one attached hydrogen (secondary N) is 2. The molecule has 1 aliphatic heterocycles. The zero-order valence-electron chi connectivity index (χ0n) is 19.0. The first-order chi connectivity index (χ1) is 16.9. The first-order valence-corrected chi connectivity index (χ1v) is 13.0. The zero-order valence-corrected chi connectivity index (χ0v) is 21.3. The van der Waals surface area contributed by atoms with Crippen molar-refractivity contribution < 1.29 is 9.18 Å². The van der Waals surface area contributed by atoms with E-state index in [1.807, 2.05) is 24.3 Å². The van der Waals surface area contributed by atoms with Crippen molar-refractivity contribution in [3.63, 3.8) is 0 Å². The van der Waals surface area contributed by atoms with Crippen LogP contribution in [0.15, 0.2) is 66.7 Å². The van der Waals surface area contributed by atoms with Gasteiger partial charge in [0.2, 0.25) is 5.91 Å². The Balaban J connectivity index is 1.44. The maximum Gasteiger partial charge on any atom is 0.222 e. The molecule has 2 fully saturated rings. The molecule has 182 valence electrons. The third-order valence-corrected chi connectivity index (χ3v) is 8.20. The summed E-state index contributed by atoms with van der Waals surface area (Å²) in [5.74, 6) is 0.376. The molecule has 4 unspecified atom stereocenters. The molecule has 2 N–H and O–H groups in total. The van der Waals surface area contributed by atoms with Gasteiger partial charge in [0.25, 0.3) is 0 Å². The number of benzene rings is 3. The smallest absolute Gasteiger partial charge is 0.222 e. The molecule has 0 aromatic heterocycles. The van der Waals surface area contributed by atoms with Gasteiger partial charge >= 0.3 is 0 Å². The highest BCUT2D eigenvalue weighted by atomic mass is 35.5. The summed E-state index contributed by atoms with van der Waals surface area (Å²) in [6, 6.07) is 20.8. The number of hydrogen-bond donors (Lipinski definition) is 2. The molecule has 0 bridgehead atoms. The van der Waals surface area contributed by atoms with Crippen molar-refractivity contribution in [3.8, 4) is 0 Å². The summed E-state index contributed by atoms with van der Waals surface area (Å²) >= 11 is 18.4. The lowest BCUT2D eigenvalue weighted by Gasteiger charge is -2.46. The van der Waals surface area contributed by atoms with E-state index in [9.17, 15) is 9.18 Å². The Bertz CT molecular complexity index is 1160. The fourth-order valence-corrected chi connectivity index (χ4v) is 6.25. The van der Waals surface area contributed by atoms with Crippen LogP contribution in [0.1, 0.15) is 42.7 Å². The summed E-state index contributed by atoms with van der Waals surface area (Å²) in [6.45, 7) is 0. The van der Waals surface area contributed by atoms with Crippen LogP contribution in [0.2, 0.25) is 15.1 Å². The van der Waals surface area contributed by atoms with Gasteiger partial charge in [0.1, 0.15) is 5.82 Å². The Kier molecular flexibility index (Phi) is 7.24. The molecule has 0 radical (unpaired) electrons. The lowest BCUT2D eigenvalue weighted by molar-refractivity contribution is -0.125. The van der Waals surface area contributed by atoms with E-state index in [1.54, 1.807) is 12.1 Å². The van der Waals surface area contributed by atoms with Gasteiger partial charge in [0, 0.05) is 46.1 Å². The van der Waals surface area contributed by atoms with E-state index in [4.69, 9.17) is 34.8 Å². The van der Waals surface area contributed by atoms with E-state index in [0.29, 0.717) is 22.4 Å². The minimum atomic E-state index is -0.456. The minimum Gasteiger partial charge on any atom is -0.381 e. The van der Waals surface area contributed by atoms with Crippen LogP contribution in [0, 0.1) is 17.7 Å². The molecule has 3 aromatic carbocycles.